The van der Waals surface area contributed by atoms with Gasteiger partial charge in [-0.05, 0) is 49.3 Å². The van der Waals surface area contributed by atoms with Crippen LogP contribution in [0.4, 0.5) is 8.78 Å². The first-order valence-electron chi connectivity index (χ1n) is 10.2. The zero-order valence-electron chi connectivity index (χ0n) is 17.1. The summed E-state index contributed by atoms with van der Waals surface area (Å²) in [6.07, 6.45) is 5.77. The number of amides is 1. The molecule has 2 heterocycles. The number of aryl methyl sites for hydroxylation is 1. The number of benzene rings is 1. The lowest BCUT2D eigenvalue weighted by Gasteiger charge is -2.19. The number of halogens is 2. The molecule has 0 radical (unpaired) electrons. The number of alkyl halides is 2. The van der Waals surface area contributed by atoms with Crippen LogP contribution in [-0.2, 0) is 10.7 Å². The smallest absolute Gasteiger partial charge is 0.270 e. The van der Waals surface area contributed by atoms with Crippen LogP contribution in [-0.4, -0.2) is 28.9 Å². The Kier molecular flexibility index (Phi) is 5.01. The molecule has 2 aliphatic rings. The third-order valence-corrected chi connectivity index (χ3v) is 6.03. The Balaban J connectivity index is 1.75. The molecule has 1 aliphatic carbocycles. The van der Waals surface area contributed by atoms with Crippen molar-refractivity contribution in [2.75, 3.05) is 7.05 Å². The van der Waals surface area contributed by atoms with Crippen molar-refractivity contribution in [2.45, 2.75) is 57.4 Å². The van der Waals surface area contributed by atoms with Crippen LogP contribution in [0.25, 0.3) is 5.57 Å². The van der Waals surface area contributed by atoms with E-state index in [0.717, 1.165) is 35.9 Å². The van der Waals surface area contributed by atoms with Crippen molar-refractivity contribution in [1.82, 2.24) is 9.88 Å². The van der Waals surface area contributed by atoms with Crippen molar-refractivity contribution in [2.24, 2.45) is 0 Å². The first kappa shape index (κ1) is 19.7. The second-order valence-corrected chi connectivity index (χ2v) is 8.30. The van der Waals surface area contributed by atoms with E-state index in [2.05, 4.69) is 12.1 Å². The molecule has 3 nitrogen and oxygen atoms in total. The minimum Gasteiger partial charge on any atom is -0.339 e. The molecule has 4 rings (SSSR count). The van der Waals surface area contributed by atoms with Crippen LogP contribution in [0.5, 0.6) is 0 Å². The molecule has 0 spiro atoms. The Morgan fingerprint density at radius 2 is 1.83 bits per heavy atom. The quantitative estimate of drug-likeness (QED) is 0.675. The van der Waals surface area contributed by atoms with Gasteiger partial charge >= 0.3 is 0 Å². The summed E-state index contributed by atoms with van der Waals surface area (Å²) in [6.45, 7) is 2.93. The third kappa shape index (κ3) is 4.09. The molecule has 1 aromatic heterocycles. The molecule has 1 saturated carbocycles. The number of carbonyl (C=O) groups is 1. The highest BCUT2D eigenvalue weighted by Gasteiger charge is 2.29. The summed E-state index contributed by atoms with van der Waals surface area (Å²) in [7, 11) is 1.81. The van der Waals surface area contributed by atoms with Gasteiger partial charge in [-0.25, -0.2) is 8.78 Å². The average Bonchev–Trinajstić information content (AvgIpc) is 3.47. The molecule has 0 bridgehead atoms. The number of likely N-dealkylation sites (N-methyl/N-ethyl adjacent to an activating group) is 1. The second-order valence-electron chi connectivity index (χ2n) is 8.30. The molecular formula is C24H26F2N2O. The van der Waals surface area contributed by atoms with E-state index < -0.39 is 5.92 Å². The highest BCUT2D eigenvalue weighted by Crippen LogP contribution is 2.41. The van der Waals surface area contributed by atoms with Crippen LogP contribution in [0.2, 0.25) is 0 Å². The van der Waals surface area contributed by atoms with Crippen molar-refractivity contribution in [1.29, 1.82) is 0 Å². The molecule has 5 heteroatoms. The number of hydrogen-bond acceptors (Lipinski definition) is 2. The predicted octanol–water partition coefficient (Wildman–Crippen LogP) is 5.43. The lowest BCUT2D eigenvalue weighted by Crippen LogP contribution is -2.27. The van der Waals surface area contributed by atoms with Gasteiger partial charge in [-0.1, -0.05) is 36.4 Å². The van der Waals surface area contributed by atoms with E-state index in [1.54, 1.807) is 17.0 Å². The predicted molar refractivity (Wildman–Crippen MR) is 110 cm³/mol. The normalized spacial score (nSPS) is 20.4. The van der Waals surface area contributed by atoms with E-state index in [1.807, 2.05) is 20.0 Å². The summed E-state index contributed by atoms with van der Waals surface area (Å²) in [5.74, 6) is -2.13. The number of likely N-dealkylation sites (tertiary alicyclic amines) is 1. The maximum atomic E-state index is 13.6. The molecule has 2 aromatic rings. The zero-order valence-corrected chi connectivity index (χ0v) is 17.1. The third-order valence-electron chi connectivity index (χ3n) is 6.03. The van der Waals surface area contributed by atoms with Crippen molar-refractivity contribution in [3.63, 3.8) is 0 Å². The van der Waals surface area contributed by atoms with Crippen LogP contribution >= 0.6 is 0 Å². The number of aromatic nitrogens is 1. The van der Waals surface area contributed by atoms with Gasteiger partial charge in [-0.2, -0.15) is 0 Å². The van der Waals surface area contributed by atoms with Crippen LogP contribution in [0.3, 0.4) is 0 Å². The molecule has 1 aromatic carbocycles. The summed E-state index contributed by atoms with van der Waals surface area (Å²) in [4.78, 5) is 18.6. The number of hydrogen-bond donors (Lipinski definition) is 0. The van der Waals surface area contributed by atoms with E-state index in [4.69, 9.17) is 4.98 Å². The zero-order chi connectivity index (χ0) is 20.8. The molecule has 152 valence electrons. The van der Waals surface area contributed by atoms with Gasteiger partial charge in [0.25, 0.3) is 5.92 Å². The number of rotatable bonds is 5. The summed E-state index contributed by atoms with van der Waals surface area (Å²) in [5.41, 5.74) is 4.83. The first-order valence-corrected chi connectivity index (χ1v) is 10.2. The average molecular weight is 396 g/mol. The molecular weight excluding hydrogens is 370 g/mol. The van der Waals surface area contributed by atoms with Crippen molar-refractivity contribution < 1.29 is 13.6 Å². The largest absolute Gasteiger partial charge is 0.339 e. The van der Waals surface area contributed by atoms with Crippen LogP contribution in [0.15, 0.2) is 42.5 Å². The van der Waals surface area contributed by atoms with Gasteiger partial charge in [0.05, 0.1) is 11.7 Å². The molecule has 2 fully saturated rings. The lowest BCUT2D eigenvalue weighted by atomic mass is 9.96. The highest BCUT2D eigenvalue weighted by atomic mass is 19.3. The maximum absolute atomic E-state index is 13.6. The SMILES string of the molecule is Cc1nc(/C(=C\[C@H]2CCC(=O)N2C)c2ccc(C(C)(F)F)cc2)ccc1C1CC1. The first-order chi connectivity index (χ1) is 13.7. The Morgan fingerprint density at radius 3 is 2.34 bits per heavy atom. The van der Waals surface area contributed by atoms with E-state index >= 15 is 0 Å². The number of pyridine rings is 1. The highest BCUT2D eigenvalue weighted by molar-refractivity contribution is 5.82. The lowest BCUT2D eigenvalue weighted by molar-refractivity contribution is -0.127. The monoisotopic (exact) mass is 396 g/mol. The van der Waals surface area contributed by atoms with Crippen LogP contribution in [0.1, 0.15) is 66.6 Å². The van der Waals surface area contributed by atoms with Gasteiger partial charge in [-0.3, -0.25) is 9.78 Å². The van der Waals surface area contributed by atoms with Gasteiger partial charge in [0.2, 0.25) is 5.91 Å². The number of carbonyl (C=O) groups excluding carboxylic acids is 1. The fraction of sp³-hybridized carbons (Fsp3) is 0.417. The minimum atomic E-state index is -2.87. The van der Waals surface area contributed by atoms with Crippen LogP contribution in [0, 0.1) is 6.92 Å². The fourth-order valence-electron chi connectivity index (χ4n) is 4.03. The standard InChI is InChI=1S/C24H26F2N2O/c1-15-20(16-4-5-16)11-12-22(27-15)21(14-19-10-13-23(29)28(19)3)17-6-8-18(9-7-17)24(2,25)26/h6-9,11-12,14,16,19H,4-5,10,13H2,1-3H3/b21-14-/t19-/m1/s1. The topological polar surface area (TPSA) is 33.2 Å². The summed E-state index contributed by atoms with van der Waals surface area (Å²) < 4.78 is 27.3. The Bertz CT molecular complexity index is 956. The van der Waals surface area contributed by atoms with Gasteiger partial charge in [0.1, 0.15) is 0 Å². The summed E-state index contributed by atoms with van der Waals surface area (Å²) >= 11 is 0. The Hall–Kier alpha value is -2.56. The molecule has 1 atom stereocenters. The van der Waals surface area contributed by atoms with Gasteiger partial charge in [0.15, 0.2) is 0 Å². The molecule has 1 amide bonds. The van der Waals surface area contributed by atoms with E-state index in [0.29, 0.717) is 12.3 Å². The molecule has 0 unspecified atom stereocenters. The summed E-state index contributed by atoms with van der Waals surface area (Å²) in [5, 5.41) is 0. The van der Waals surface area contributed by atoms with Gasteiger partial charge in [0, 0.05) is 37.2 Å². The molecule has 29 heavy (non-hydrogen) atoms. The second kappa shape index (κ2) is 7.36. The molecule has 0 N–H and O–H groups in total. The maximum Gasteiger partial charge on any atom is 0.270 e. The molecule has 1 saturated heterocycles. The Morgan fingerprint density at radius 1 is 1.14 bits per heavy atom. The van der Waals surface area contributed by atoms with Crippen molar-refractivity contribution in [3.8, 4) is 0 Å². The van der Waals surface area contributed by atoms with E-state index in [9.17, 15) is 13.6 Å². The van der Waals surface area contributed by atoms with Crippen molar-refractivity contribution >= 4 is 11.5 Å². The fourth-order valence-corrected chi connectivity index (χ4v) is 4.03. The van der Waals surface area contributed by atoms with Crippen LogP contribution < -0.4 is 0 Å². The van der Waals surface area contributed by atoms with Crippen molar-refractivity contribution in [3.05, 3.63) is 70.6 Å². The van der Waals surface area contributed by atoms with E-state index in [1.165, 1.54) is 30.5 Å². The summed E-state index contributed by atoms with van der Waals surface area (Å²) in [6, 6.07) is 10.5. The Labute approximate surface area is 170 Å². The van der Waals surface area contributed by atoms with Gasteiger partial charge < -0.3 is 4.90 Å². The minimum absolute atomic E-state index is 0.0121. The van der Waals surface area contributed by atoms with E-state index in [-0.39, 0.29) is 17.5 Å². The molecule has 1 aliphatic heterocycles. The number of nitrogens with zero attached hydrogens (tertiary/aromatic N) is 2. The van der Waals surface area contributed by atoms with Gasteiger partial charge in [-0.15, -0.1) is 0 Å².